The van der Waals surface area contributed by atoms with Gasteiger partial charge in [-0.15, -0.1) is 0 Å². The molecule has 134 valence electrons. The largest absolute Gasteiger partial charge is 0.379 e. The lowest BCUT2D eigenvalue weighted by molar-refractivity contribution is -0.145. The van der Waals surface area contributed by atoms with Gasteiger partial charge in [0, 0.05) is 38.6 Å². The summed E-state index contributed by atoms with van der Waals surface area (Å²) in [4.78, 5) is 17.1. The Balaban J connectivity index is 1.22. The zero-order valence-electron chi connectivity index (χ0n) is 14.5. The molecular formula is C17H28N4O3. The molecule has 0 radical (unpaired) electrons. The maximum atomic E-state index is 12.7. The molecule has 0 aliphatic carbocycles. The van der Waals surface area contributed by atoms with Crippen LogP contribution in [0.3, 0.4) is 0 Å². The van der Waals surface area contributed by atoms with Crippen molar-refractivity contribution in [2.75, 3.05) is 45.9 Å². The second-order valence-electron chi connectivity index (χ2n) is 7.63. The third kappa shape index (κ3) is 3.48. The molecule has 0 aromatic heterocycles. The maximum Gasteiger partial charge on any atom is 0.251 e. The summed E-state index contributed by atoms with van der Waals surface area (Å²) < 4.78 is 11.5. The van der Waals surface area contributed by atoms with E-state index in [-0.39, 0.29) is 23.8 Å². The normalized spacial score (nSPS) is 33.8. The van der Waals surface area contributed by atoms with Gasteiger partial charge in [0.1, 0.15) is 6.10 Å². The molecule has 4 aliphatic heterocycles. The van der Waals surface area contributed by atoms with Gasteiger partial charge in [0.25, 0.3) is 5.91 Å². The third-order valence-corrected chi connectivity index (χ3v) is 5.94. The van der Waals surface area contributed by atoms with Crippen molar-refractivity contribution in [1.29, 1.82) is 0 Å². The fraction of sp³-hybridized carbons (Fsp3) is 0.941. The number of morpholine rings is 1. The first-order valence-corrected chi connectivity index (χ1v) is 9.32. The fourth-order valence-corrected chi connectivity index (χ4v) is 4.19. The van der Waals surface area contributed by atoms with E-state index < -0.39 is 0 Å². The second-order valence-corrected chi connectivity index (χ2v) is 7.63. The van der Waals surface area contributed by atoms with Crippen LogP contribution in [0.4, 0.5) is 0 Å². The Morgan fingerprint density at radius 2 is 1.79 bits per heavy atom. The molecule has 4 rings (SSSR count). The number of carbonyl (C=O) groups is 1. The summed E-state index contributed by atoms with van der Waals surface area (Å²) >= 11 is 0. The van der Waals surface area contributed by atoms with E-state index in [1.807, 2.05) is 4.90 Å². The van der Waals surface area contributed by atoms with Crippen LogP contribution in [0.25, 0.3) is 0 Å². The Bertz CT molecular complexity index is 492. The molecule has 4 aliphatic rings. The number of ether oxygens (including phenoxy) is 2. The van der Waals surface area contributed by atoms with E-state index in [9.17, 15) is 4.79 Å². The van der Waals surface area contributed by atoms with Gasteiger partial charge >= 0.3 is 0 Å². The number of carbonyl (C=O) groups excluding carboxylic acids is 1. The molecule has 4 heterocycles. The SMILES string of the molecule is CC1(C2CCN(C(=O)[C@@H]3CC[C@H](CN4CCOCC4)O3)CC2)N=N1. The Kier molecular flexibility index (Phi) is 4.58. The quantitative estimate of drug-likeness (QED) is 0.776. The molecule has 24 heavy (non-hydrogen) atoms. The molecule has 0 saturated carbocycles. The number of nitrogens with zero attached hydrogens (tertiary/aromatic N) is 4. The minimum Gasteiger partial charge on any atom is -0.379 e. The third-order valence-electron chi connectivity index (χ3n) is 5.94. The van der Waals surface area contributed by atoms with Crippen LogP contribution in [0.1, 0.15) is 32.6 Å². The maximum absolute atomic E-state index is 12.7. The number of likely N-dealkylation sites (tertiary alicyclic amines) is 1. The van der Waals surface area contributed by atoms with Crippen molar-refractivity contribution in [2.24, 2.45) is 16.1 Å². The van der Waals surface area contributed by atoms with Crippen LogP contribution < -0.4 is 0 Å². The number of hydrogen-bond acceptors (Lipinski definition) is 6. The number of rotatable bonds is 4. The van der Waals surface area contributed by atoms with Crippen LogP contribution >= 0.6 is 0 Å². The minimum absolute atomic E-state index is 0.151. The highest BCUT2D eigenvalue weighted by molar-refractivity contribution is 5.81. The molecule has 0 aromatic carbocycles. The zero-order chi connectivity index (χ0) is 16.6. The number of amides is 1. The predicted molar refractivity (Wildman–Crippen MR) is 87.7 cm³/mol. The molecule has 7 nitrogen and oxygen atoms in total. The first kappa shape index (κ1) is 16.4. The molecule has 0 aromatic rings. The predicted octanol–water partition coefficient (Wildman–Crippen LogP) is 1.29. The highest BCUT2D eigenvalue weighted by atomic mass is 16.5. The molecule has 0 unspecified atom stereocenters. The fourth-order valence-electron chi connectivity index (χ4n) is 4.19. The van der Waals surface area contributed by atoms with Crippen LogP contribution in [0, 0.1) is 5.92 Å². The highest BCUT2D eigenvalue weighted by Crippen LogP contribution is 2.41. The van der Waals surface area contributed by atoms with Gasteiger partial charge in [-0.1, -0.05) is 0 Å². The van der Waals surface area contributed by atoms with E-state index in [4.69, 9.17) is 9.47 Å². The van der Waals surface area contributed by atoms with Crippen molar-refractivity contribution in [1.82, 2.24) is 9.80 Å². The molecular weight excluding hydrogens is 308 g/mol. The topological polar surface area (TPSA) is 66.7 Å². The van der Waals surface area contributed by atoms with Crippen molar-refractivity contribution in [3.8, 4) is 0 Å². The molecule has 0 N–H and O–H groups in total. The summed E-state index contributed by atoms with van der Waals surface area (Å²) in [6.07, 6.45) is 3.80. The Labute approximate surface area is 143 Å². The standard InChI is InChI=1S/C17H28N4O3/c1-17(18-19-17)13-4-6-21(7-5-13)16(22)15-3-2-14(24-15)12-20-8-10-23-11-9-20/h13-15H,2-12H2,1H3/t14-,15+/m1/s1. The second kappa shape index (κ2) is 6.69. The smallest absolute Gasteiger partial charge is 0.251 e. The highest BCUT2D eigenvalue weighted by Gasteiger charge is 2.45. The van der Waals surface area contributed by atoms with Gasteiger partial charge in [-0.2, -0.15) is 10.2 Å². The van der Waals surface area contributed by atoms with Crippen LogP contribution in [-0.4, -0.2) is 79.5 Å². The summed E-state index contributed by atoms with van der Waals surface area (Å²) in [6.45, 7) is 8.21. The van der Waals surface area contributed by atoms with E-state index >= 15 is 0 Å². The lowest BCUT2D eigenvalue weighted by Crippen LogP contribution is -2.46. The minimum atomic E-state index is -0.238. The van der Waals surface area contributed by atoms with Crippen LogP contribution in [0.2, 0.25) is 0 Å². The van der Waals surface area contributed by atoms with Gasteiger partial charge in [0.05, 0.1) is 19.3 Å². The van der Waals surface area contributed by atoms with Crippen molar-refractivity contribution >= 4 is 5.91 Å². The first-order valence-electron chi connectivity index (χ1n) is 9.32. The molecule has 0 spiro atoms. The van der Waals surface area contributed by atoms with Gasteiger partial charge in [-0.05, 0) is 32.6 Å². The average molecular weight is 336 g/mol. The molecule has 0 bridgehead atoms. The van der Waals surface area contributed by atoms with E-state index in [1.54, 1.807) is 0 Å². The lowest BCUT2D eigenvalue weighted by Gasteiger charge is -2.34. The van der Waals surface area contributed by atoms with E-state index in [0.29, 0.717) is 5.92 Å². The van der Waals surface area contributed by atoms with Gasteiger partial charge < -0.3 is 14.4 Å². The first-order chi connectivity index (χ1) is 11.6. The molecule has 3 fully saturated rings. The summed E-state index contributed by atoms with van der Waals surface area (Å²) in [7, 11) is 0. The Morgan fingerprint density at radius 3 is 2.46 bits per heavy atom. The summed E-state index contributed by atoms with van der Waals surface area (Å²) in [6, 6.07) is 0. The van der Waals surface area contributed by atoms with E-state index in [1.165, 1.54) is 0 Å². The number of hydrogen-bond donors (Lipinski definition) is 0. The van der Waals surface area contributed by atoms with Crippen molar-refractivity contribution < 1.29 is 14.3 Å². The zero-order valence-corrected chi connectivity index (χ0v) is 14.5. The van der Waals surface area contributed by atoms with Gasteiger partial charge in [0.15, 0.2) is 5.66 Å². The van der Waals surface area contributed by atoms with Gasteiger partial charge in [-0.3, -0.25) is 9.69 Å². The van der Waals surface area contributed by atoms with E-state index in [2.05, 4.69) is 22.1 Å². The molecule has 2 atom stereocenters. The van der Waals surface area contributed by atoms with Gasteiger partial charge in [-0.25, -0.2) is 0 Å². The Morgan fingerprint density at radius 1 is 1.08 bits per heavy atom. The van der Waals surface area contributed by atoms with Crippen molar-refractivity contribution in [3.63, 3.8) is 0 Å². The van der Waals surface area contributed by atoms with E-state index in [0.717, 1.165) is 71.6 Å². The summed E-state index contributed by atoms with van der Waals surface area (Å²) in [5.41, 5.74) is -0.151. The summed E-state index contributed by atoms with van der Waals surface area (Å²) in [5.74, 6) is 0.688. The molecule has 1 amide bonds. The van der Waals surface area contributed by atoms with Gasteiger partial charge in [0.2, 0.25) is 0 Å². The molecule has 7 heteroatoms. The van der Waals surface area contributed by atoms with Crippen molar-refractivity contribution in [3.05, 3.63) is 0 Å². The van der Waals surface area contributed by atoms with Crippen LogP contribution in [0.15, 0.2) is 10.2 Å². The monoisotopic (exact) mass is 336 g/mol. The number of piperidine rings is 1. The van der Waals surface area contributed by atoms with Crippen LogP contribution in [0.5, 0.6) is 0 Å². The molecule has 3 saturated heterocycles. The van der Waals surface area contributed by atoms with Crippen LogP contribution in [-0.2, 0) is 14.3 Å². The lowest BCUT2D eigenvalue weighted by atomic mass is 9.87. The Hall–Kier alpha value is -1.05. The summed E-state index contributed by atoms with van der Waals surface area (Å²) in [5, 5.41) is 8.31. The van der Waals surface area contributed by atoms with Crippen molar-refractivity contribution in [2.45, 2.75) is 50.5 Å². The average Bonchev–Trinajstić information content (AvgIpc) is 3.20.